The molecule has 0 unspecified atom stereocenters. The molecule has 234 valence electrons. The summed E-state index contributed by atoms with van der Waals surface area (Å²) >= 11 is 12.6. The molecule has 0 saturated heterocycles. The third-order valence-corrected chi connectivity index (χ3v) is 9.93. The fourth-order valence-corrected chi connectivity index (χ4v) is 7.46. The lowest BCUT2D eigenvalue weighted by Gasteiger charge is -2.16. The molecule has 2 aliphatic rings. The van der Waals surface area contributed by atoms with E-state index in [9.17, 15) is 19.8 Å². The Morgan fingerprint density at radius 2 is 1.15 bits per heavy atom. The van der Waals surface area contributed by atoms with Crippen molar-refractivity contribution in [1.82, 2.24) is 9.97 Å². The van der Waals surface area contributed by atoms with Crippen molar-refractivity contribution >= 4 is 80.3 Å². The lowest BCUT2D eigenvalue weighted by Crippen LogP contribution is -2.28. The molecule has 46 heavy (non-hydrogen) atoms. The van der Waals surface area contributed by atoms with Gasteiger partial charge in [-0.1, -0.05) is 24.3 Å². The largest absolute Gasteiger partial charge is 0.506 e. The van der Waals surface area contributed by atoms with Crippen LogP contribution in [-0.4, -0.2) is 56.8 Å². The van der Waals surface area contributed by atoms with E-state index in [2.05, 4.69) is 9.97 Å². The second-order valence-corrected chi connectivity index (χ2v) is 12.7. The van der Waals surface area contributed by atoms with E-state index in [0.717, 1.165) is 44.2 Å². The highest BCUT2D eigenvalue weighted by atomic mass is 35.5. The number of carbonyl (C=O) groups excluding carboxylic acids is 2. The lowest BCUT2D eigenvalue weighted by molar-refractivity contribution is -0.114. The number of hydrogen-bond donors (Lipinski definition) is 4. The van der Waals surface area contributed by atoms with Crippen LogP contribution < -0.4 is 9.80 Å². The van der Waals surface area contributed by atoms with Crippen LogP contribution in [-0.2, 0) is 9.59 Å². The third kappa shape index (κ3) is 4.84. The second kappa shape index (κ2) is 11.6. The van der Waals surface area contributed by atoms with Gasteiger partial charge in [-0.05, 0) is 59.4 Å². The molecular weight excluding hydrogens is 623 g/mol. The van der Waals surface area contributed by atoms with Gasteiger partial charge < -0.3 is 30.0 Å². The second-order valence-electron chi connectivity index (χ2n) is 12.0. The summed E-state index contributed by atoms with van der Waals surface area (Å²) in [6.07, 6.45) is 10.2. The number of fused-ring (bicyclic) bond motifs is 6. The molecule has 2 aromatic heterocycles. The molecule has 8 nitrogen and oxygen atoms in total. The van der Waals surface area contributed by atoms with Gasteiger partial charge >= 0.3 is 0 Å². The molecule has 2 atom stereocenters. The zero-order valence-corrected chi connectivity index (χ0v) is 26.8. The van der Waals surface area contributed by atoms with Gasteiger partial charge in [0, 0.05) is 84.1 Å². The van der Waals surface area contributed by atoms with Crippen molar-refractivity contribution in [2.75, 3.05) is 34.6 Å². The summed E-state index contributed by atoms with van der Waals surface area (Å²) in [7, 11) is 0. The number of anilines is 2. The molecule has 2 aliphatic heterocycles. The van der Waals surface area contributed by atoms with Crippen LogP contribution in [0.1, 0.15) is 45.2 Å². The zero-order chi connectivity index (χ0) is 32.3. The smallest absolute Gasteiger partial charge is 0.251 e. The van der Waals surface area contributed by atoms with Gasteiger partial charge in [-0.25, -0.2) is 0 Å². The maximum Gasteiger partial charge on any atom is 0.251 e. The van der Waals surface area contributed by atoms with Gasteiger partial charge in [-0.3, -0.25) is 9.59 Å². The highest BCUT2D eigenvalue weighted by Crippen LogP contribution is 2.47. The van der Waals surface area contributed by atoms with Crippen molar-refractivity contribution in [3.63, 3.8) is 0 Å². The average molecular weight is 656 g/mol. The SMILES string of the molecule is Cc1c[nH]c2c(O)cc3c(c12)[C@H](CCl)CN3C(=O)/C=C/c1ccc(/C=C/C(=O)N2C[C@H](CCl)c3c2cc(O)c2[nH]cc(C)c32)cc1. The van der Waals surface area contributed by atoms with Crippen LogP contribution in [0.15, 0.2) is 60.9 Å². The molecular formula is C36H32Cl2N4O4. The summed E-state index contributed by atoms with van der Waals surface area (Å²) in [6, 6.07) is 10.8. The molecule has 7 rings (SSSR count). The molecule has 2 amide bonds. The van der Waals surface area contributed by atoms with E-state index in [4.69, 9.17) is 23.2 Å². The first-order valence-corrected chi connectivity index (χ1v) is 16.1. The highest BCUT2D eigenvalue weighted by Gasteiger charge is 2.36. The van der Waals surface area contributed by atoms with Crippen LogP contribution >= 0.6 is 23.2 Å². The van der Waals surface area contributed by atoms with E-state index >= 15 is 0 Å². The number of rotatable bonds is 6. The molecule has 4 heterocycles. The highest BCUT2D eigenvalue weighted by molar-refractivity contribution is 6.20. The summed E-state index contributed by atoms with van der Waals surface area (Å²) in [4.78, 5) is 36.3. The van der Waals surface area contributed by atoms with Gasteiger partial charge in [0.05, 0.1) is 22.4 Å². The van der Waals surface area contributed by atoms with Crippen molar-refractivity contribution in [3.05, 3.63) is 94.3 Å². The van der Waals surface area contributed by atoms with Crippen molar-refractivity contribution in [2.45, 2.75) is 25.7 Å². The number of alkyl halides is 2. The Bertz CT molecular complexity index is 1940. The number of phenolic OH excluding ortho intramolecular Hbond substituents is 2. The molecule has 10 heteroatoms. The number of nitrogens with one attached hydrogen (secondary N) is 2. The lowest BCUT2D eigenvalue weighted by atomic mass is 9.97. The van der Waals surface area contributed by atoms with Crippen molar-refractivity contribution in [1.29, 1.82) is 0 Å². The first-order valence-electron chi connectivity index (χ1n) is 15.1. The minimum Gasteiger partial charge on any atom is -0.506 e. The average Bonchev–Trinajstić information content (AvgIpc) is 3.82. The van der Waals surface area contributed by atoms with Gasteiger partial charge in [0.2, 0.25) is 0 Å². The first kappa shape index (κ1) is 30.0. The van der Waals surface area contributed by atoms with Crippen LogP contribution in [0.2, 0.25) is 0 Å². The fourth-order valence-electron chi connectivity index (χ4n) is 6.95. The number of hydrogen-bond acceptors (Lipinski definition) is 4. The topological polar surface area (TPSA) is 113 Å². The summed E-state index contributed by atoms with van der Waals surface area (Å²) in [5.41, 5.74) is 8.27. The number of aromatic hydroxyl groups is 2. The van der Waals surface area contributed by atoms with Gasteiger partial charge in [0.25, 0.3) is 11.8 Å². The van der Waals surface area contributed by atoms with Crippen LogP contribution in [0.4, 0.5) is 11.4 Å². The predicted octanol–water partition coefficient (Wildman–Crippen LogP) is 7.44. The Morgan fingerprint density at radius 1 is 0.761 bits per heavy atom. The Morgan fingerprint density at radius 3 is 1.52 bits per heavy atom. The molecule has 0 fully saturated rings. The van der Waals surface area contributed by atoms with Crippen LogP contribution in [0, 0.1) is 13.8 Å². The molecule has 0 spiro atoms. The molecule has 0 radical (unpaired) electrons. The number of aromatic nitrogens is 2. The molecule has 0 aliphatic carbocycles. The number of phenols is 2. The standard InChI is InChI=1S/C36H32Cl2N4O4/c1-19-15-39-35-27(43)11-25-33(31(19)35)23(13-37)17-41(25)29(45)9-7-21-3-5-22(6-4-21)8-10-30(46)42-18-24(14-38)34-26(42)12-28(44)36-32(34)20(2)16-40-36/h3-12,15-16,23-24,39-40,43-44H,13-14,17-18H2,1-2H3/b9-7+,10-8+/t23-,24+. The van der Waals surface area contributed by atoms with Crippen LogP contribution in [0.25, 0.3) is 34.0 Å². The molecule has 0 saturated carbocycles. The normalized spacial score (nSPS) is 17.7. The van der Waals surface area contributed by atoms with E-state index in [1.807, 2.05) is 50.5 Å². The monoisotopic (exact) mass is 654 g/mol. The Hall–Kier alpha value is -4.66. The number of nitrogens with zero attached hydrogens (tertiary/aromatic N) is 2. The third-order valence-electron chi connectivity index (χ3n) is 9.19. The summed E-state index contributed by atoms with van der Waals surface area (Å²) in [6.45, 7) is 4.81. The summed E-state index contributed by atoms with van der Waals surface area (Å²) in [5, 5.41) is 23.1. The minimum atomic E-state index is -0.199. The number of halogens is 2. The van der Waals surface area contributed by atoms with E-state index < -0.39 is 0 Å². The Balaban J connectivity index is 1.07. The van der Waals surface area contributed by atoms with Gasteiger partial charge in [-0.2, -0.15) is 0 Å². The maximum atomic E-state index is 13.3. The van der Waals surface area contributed by atoms with E-state index in [1.54, 1.807) is 34.1 Å². The number of aryl methyl sites for hydroxylation is 2. The summed E-state index contributed by atoms with van der Waals surface area (Å²) < 4.78 is 0. The maximum absolute atomic E-state index is 13.3. The van der Waals surface area contributed by atoms with Gasteiger partial charge in [0.15, 0.2) is 0 Å². The first-order chi connectivity index (χ1) is 22.2. The minimum absolute atomic E-state index is 0.0419. The Labute approximate surface area is 275 Å². The molecule has 3 aromatic carbocycles. The Kier molecular flexibility index (Phi) is 7.57. The van der Waals surface area contributed by atoms with E-state index in [1.165, 1.54) is 12.2 Å². The van der Waals surface area contributed by atoms with Crippen molar-refractivity contribution in [3.8, 4) is 11.5 Å². The number of aromatic amines is 2. The van der Waals surface area contributed by atoms with Gasteiger partial charge in [0.1, 0.15) is 11.5 Å². The fraction of sp³-hybridized carbons (Fsp3) is 0.222. The molecule has 4 N–H and O–H groups in total. The number of carbonyl (C=O) groups is 2. The number of amides is 2. The quantitative estimate of drug-likeness (QED) is 0.113. The number of benzene rings is 3. The molecule has 5 aromatic rings. The summed E-state index contributed by atoms with van der Waals surface area (Å²) in [5.74, 6) is 0.432. The van der Waals surface area contributed by atoms with Crippen molar-refractivity contribution < 1.29 is 19.8 Å². The van der Waals surface area contributed by atoms with Gasteiger partial charge in [-0.15, -0.1) is 23.2 Å². The van der Waals surface area contributed by atoms with Crippen LogP contribution in [0.5, 0.6) is 11.5 Å². The van der Waals surface area contributed by atoms with Crippen molar-refractivity contribution in [2.24, 2.45) is 0 Å². The van der Waals surface area contributed by atoms with E-state index in [0.29, 0.717) is 47.3 Å². The van der Waals surface area contributed by atoms with Crippen LogP contribution in [0.3, 0.4) is 0 Å². The predicted molar refractivity (Wildman–Crippen MR) is 186 cm³/mol. The molecule has 0 bridgehead atoms. The zero-order valence-electron chi connectivity index (χ0n) is 25.3. The van der Waals surface area contributed by atoms with E-state index in [-0.39, 0.29) is 35.1 Å². The number of H-pyrrole nitrogens is 2.